The number of aryl methyl sites for hydroxylation is 1. The summed E-state index contributed by atoms with van der Waals surface area (Å²) in [5.74, 6) is 0. The zero-order chi connectivity index (χ0) is 13.0. The van der Waals surface area contributed by atoms with Crippen LogP contribution in [-0.4, -0.2) is 4.57 Å². The van der Waals surface area contributed by atoms with E-state index in [2.05, 4.69) is 73.1 Å². The molecule has 1 N–H and O–H groups in total. The smallest absolute Gasteiger partial charge is 0.0553 e. The minimum absolute atomic E-state index is 0.841. The summed E-state index contributed by atoms with van der Waals surface area (Å²) < 4.78 is 4.44. The van der Waals surface area contributed by atoms with Crippen LogP contribution in [0.4, 0.5) is 5.69 Å². The van der Waals surface area contributed by atoms with Crippen molar-refractivity contribution in [3.63, 3.8) is 0 Å². The van der Waals surface area contributed by atoms with Crippen LogP contribution in [0.3, 0.4) is 0 Å². The van der Waals surface area contributed by atoms with Crippen molar-refractivity contribution < 1.29 is 0 Å². The zero-order valence-electron chi connectivity index (χ0n) is 10.3. The van der Waals surface area contributed by atoms with Crippen molar-refractivity contribution in [1.82, 2.24) is 4.57 Å². The standard InChI is InChI=1S/C14H16Br2N2/c1-2-7-18-8-3-4-12(18)10-17-14-6-5-11(15)9-13(14)16/h3-6,8-9,17H,2,7,10H2,1H3. The van der Waals surface area contributed by atoms with Gasteiger partial charge in [0.2, 0.25) is 0 Å². The van der Waals surface area contributed by atoms with Gasteiger partial charge in [-0.1, -0.05) is 22.9 Å². The van der Waals surface area contributed by atoms with Gasteiger partial charge in [0.15, 0.2) is 0 Å². The van der Waals surface area contributed by atoms with E-state index in [0.717, 1.165) is 34.1 Å². The van der Waals surface area contributed by atoms with Gasteiger partial charge in [-0.05, 0) is 52.7 Å². The first-order chi connectivity index (χ1) is 8.70. The van der Waals surface area contributed by atoms with Gasteiger partial charge >= 0.3 is 0 Å². The highest BCUT2D eigenvalue weighted by Gasteiger charge is 2.03. The molecule has 0 unspecified atom stereocenters. The summed E-state index contributed by atoms with van der Waals surface area (Å²) in [5, 5.41) is 3.45. The van der Waals surface area contributed by atoms with Crippen molar-refractivity contribution in [2.45, 2.75) is 26.4 Å². The molecule has 0 bridgehead atoms. The number of halogens is 2. The van der Waals surface area contributed by atoms with E-state index in [4.69, 9.17) is 0 Å². The Kier molecular flexibility index (Phi) is 4.89. The minimum atomic E-state index is 0.841. The maximum atomic E-state index is 3.56. The molecule has 1 heterocycles. The first-order valence-electron chi connectivity index (χ1n) is 6.03. The van der Waals surface area contributed by atoms with Gasteiger partial charge in [-0.3, -0.25) is 0 Å². The Morgan fingerprint density at radius 2 is 2.06 bits per heavy atom. The van der Waals surface area contributed by atoms with Crippen LogP contribution in [0.25, 0.3) is 0 Å². The van der Waals surface area contributed by atoms with E-state index in [1.807, 2.05) is 12.1 Å². The second kappa shape index (κ2) is 6.43. The van der Waals surface area contributed by atoms with Gasteiger partial charge in [-0.15, -0.1) is 0 Å². The van der Waals surface area contributed by atoms with E-state index in [0.29, 0.717) is 0 Å². The Morgan fingerprint density at radius 1 is 1.22 bits per heavy atom. The predicted molar refractivity (Wildman–Crippen MR) is 83.9 cm³/mol. The highest BCUT2D eigenvalue weighted by atomic mass is 79.9. The fraction of sp³-hybridized carbons (Fsp3) is 0.286. The first-order valence-corrected chi connectivity index (χ1v) is 7.62. The number of anilines is 1. The van der Waals surface area contributed by atoms with Gasteiger partial charge in [-0.25, -0.2) is 0 Å². The number of nitrogens with one attached hydrogen (secondary N) is 1. The van der Waals surface area contributed by atoms with Gasteiger partial charge in [0.05, 0.1) is 6.54 Å². The molecule has 0 amide bonds. The Bertz CT molecular complexity index is 520. The fourth-order valence-corrected chi connectivity index (χ4v) is 3.07. The van der Waals surface area contributed by atoms with Crippen LogP contribution in [0.5, 0.6) is 0 Å². The monoisotopic (exact) mass is 370 g/mol. The molecule has 18 heavy (non-hydrogen) atoms. The summed E-state index contributed by atoms with van der Waals surface area (Å²) in [6.45, 7) is 4.11. The average Bonchev–Trinajstić information content (AvgIpc) is 2.76. The third kappa shape index (κ3) is 3.39. The Balaban J connectivity index is 2.04. The lowest BCUT2D eigenvalue weighted by Crippen LogP contribution is -2.07. The van der Waals surface area contributed by atoms with Crippen molar-refractivity contribution in [2.24, 2.45) is 0 Å². The highest BCUT2D eigenvalue weighted by Crippen LogP contribution is 2.26. The molecule has 2 nitrogen and oxygen atoms in total. The third-order valence-electron chi connectivity index (χ3n) is 2.78. The van der Waals surface area contributed by atoms with E-state index in [1.54, 1.807) is 0 Å². The molecule has 0 saturated heterocycles. The van der Waals surface area contributed by atoms with Crippen molar-refractivity contribution in [1.29, 1.82) is 0 Å². The van der Waals surface area contributed by atoms with Crippen molar-refractivity contribution in [3.05, 3.63) is 51.2 Å². The van der Waals surface area contributed by atoms with E-state index >= 15 is 0 Å². The summed E-state index contributed by atoms with van der Waals surface area (Å²) >= 11 is 7.02. The Morgan fingerprint density at radius 3 is 2.78 bits per heavy atom. The summed E-state index contributed by atoms with van der Waals surface area (Å²) in [6.07, 6.45) is 3.29. The predicted octanol–water partition coefficient (Wildman–Crippen LogP) is 5.04. The van der Waals surface area contributed by atoms with Gasteiger partial charge in [0.25, 0.3) is 0 Å². The lowest BCUT2D eigenvalue weighted by molar-refractivity contribution is 0.654. The number of benzene rings is 1. The number of aromatic nitrogens is 1. The first kappa shape index (κ1) is 13.7. The zero-order valence-corrected chi connectivity index (χ0v) is 13.5. The maximum Gasteiger partial charge on any atom is 0.0553 e. The lowest BCUT2D eigenvalue weighted by atomic mass is 10.3. The summed E-state index contributed by atoms with van der Waals surface area (Å²) in [4.78, 5) is 0. The third-order valence-corrected chi connectivity index (χ3v) is 3.93. The van der Waals surface area contributed by atoms with Crippen molar-refractivity contribution in [3.8, 4) is 0 Å². The molecule has 2 rings (SSSR count). The van der Waals surface area contributed by atoms with Crippen LogP contribution in [0.15, 0.2) is 45.5 Å². The molecular formula is C14H16Br2N2. The molecule has 96 valence electrons. The SMILES string of the molecule is CCCn1cccc1CNc1ccc(Br)cc1Br. The van der Waals surface area contributed by atoms with E-state index in [1.165, 1.54) is 5.69 Å². The quantitative estimate of drug-likeness (QED) is 0.779. The van der Waals surface area contributed by atoms with Crippen LogP contribution in [0.2, 0.25) is 0 Å². The van der Waals surface area contributed by atoms with Crippen molar-refractivity contribution >= 4 is 37.5 Å². The molecule has 0 saturated carbocycles. The van der Waals surface area contributed by atoms with Gasteiger partial charge in [0.1, 0.15) is 0 Å². The molecule has 0 aliphatic carbocycles. The van der Waals surface area contributed by atoms with Gasteiger partial charge < -0.3 is 9.88 Å². The molecule has 0 aliphatic heterocycles. The number of nitrogens with zero attached hydrogens (tertiary/aromatic N) is 1. The van der Waals surface area contributed by atoms with E-state index < -0.39 is 0 Å². The lowest BCUT2D eigenvalue weighted by Gasteiger charge is -2.11. The molecular weight excluding hydrogens is 356 g/mol. The van der Waals surface area contributed by atoms with Gasteiger partial charge in [0, 0.05) is 33.1 Å². The van der Waals surface area contributed by atoms with Gasteiger partial charge in [-0.2, -0.15) is 0 Å². The molecule has 2 aromatic rings. The summed E-state index contributed by atoms with van der Waals surface area (Å²) in [6, 6.07) is 10.4. The largest absolute Gasteiger partial charge is 0.379 e. The summed E-state index contributed by atoms with van der Waals surface area (Å²) in [7, 11) is 0. The van der Waals surface area contributed by atoms with Crippen LogP contribution in [0, 0.1) is 0 Å². The maximum absolute atomic E-state index is 3.56. The van der Waals surface area contributed by atoms with Crippen LogP contribution < -0.4 is 5.32 Å². The number of hydrogen-bond donors (Lipinski definition) is 1. The fourth-order valence-electron chi connectivity index (χ4n) is 1.89. The van der Waals surface area contributed by atoms with E-state index in [-0.39, 0.29) is 0 Å². The van der Waals surface area contributed by atoms with Crippen molar-refractivity contribution in [2.75, 3.05) is 5.32 Å². The number of rotatable bonds is 5. The molecule has 0 aliphatic rings. The van der Waals surface area contributed by atoms with Crippen LogP contribution >= 0.6 is 31.9 Å². The highest BCUT2D eigenvalue weighted by molar-refractivity contribution is 9.11. The molecule has 1 aromatic heterocycles. The topological polar surface area (TPSA) is 17.0 Å². The molecule has 0 spiro atoms. The normalized spacial score (nSPS) is 10.6. The average molecular weight is 372 g/mol. The van der Waals surface area contributed by atoms with E-state index in [9.17, 15) is 0 Å². The number of hydrogen-bond acceptors (Lipinski definition) is 1. The molecule has 0 fully saturated rings. The molecule has 0 radical (unpaired) electrons. The molecule has 4 heteroatoms. The molecule has 0 atom stereocenters. The van der Waals surface area contributed by atoms with Crippen LogP contribution in [-0.2, 0) is 13.1 Å². The second-order valence-corrected chi connectivity index (χ2v) is 5.94. The summed E-state index contributed by atoms with van der Waals surface area (Å²) in [5.41, 5.74) is 2.43. The minimum Gasteiger partial charge on any atom is -0.379 e. The Labute approximate surface area is 125 Å². The van der Waals surface area contributed by atoms with Crippen LogP contribution in [0.1, 0.15) is 19.0 Å². The Hall–Kier alpha value is -0.740. The molecule has 1 aromatic carbocycles. The second-order valence-electron chi connectivity index (χ2n) is 4.17.